The van der Waals surface area contributed by atoms with Gasteiger partial charge in [-0.3, -0.25) is 9.59 Å². The molecule has 0 unspecified atom stereocenters. The minimum Gasteiger partial charge on any atom is -0.465 e. The van der Waals surface area contributed by atoms with Crippen molar-refractivity contribution in [3.63, 3.8) is 0 Å². The largest absolute Gasteiger partial charge is 0.465 e. The first-order chi connectivity index (χ1) is 8.85. The van der Waals surface area contributed by atoms with Crippen LogP contribution in [-0.2, 0) is 23.8 Å². The van der Waals surface area contributed by atoms with Crippen LogP contribution in [0.2, 0.25) is 0 Å². The molecule has 6 nitrogen and oxygen atoms in total. The minimum absolute atomic E-state index is 0.0323. The van der Waals surface area contributed by atoms with Gasteiger partial charge in [0.05, 0.1) is 31.7 Å². The Kier molecular flexibility index (Phi) is 9.16. The molecule has 0 aliphatic rings. The monoisotopic (exact) mass is 276 g/mol. The van der Waals surface area contributed by atoms with E-state index in [-0.39, 0.29) is 37.6 Å². The molecule has 0 bridgehead atoms. The van der Waals surface area contributed by atoms with Crippen molar-refractivity contribution in [1.82, 2.24) is 0 Å². The predicted octanol–water partition coefficient (Wildman–Crippen LogP) is 1.05. The number of rotatable bonds is 9. The van der Waals surface area contributed by atoms with Gasteiger partial charge in [0, 0.05) is 13.5 Å². The molecule has 0 fully saturated rings. The fraction of sp³-hybridized carbons (Fsp3) is 0.846. The highest BCUT2D eigenvalue weighted by Gasteiger charge is 2.13. The van der Waals surface area contributed by atoms with E-state index in [1.807, 2.05) is 0 Å². The van der Waals surface area contributed by atoms with Crippen LogP contribution < -0.4 is 0 Å². The van der Waals surface area contributed by atoms with Crippen LogP contribution in [0.25, 0.3) is 0 Å². The molecule has 0 aromatic carbocycles. The first-order valence-electron chi connectivity index (χ1n) is 6.41. The summed E-state index contributed by atoms with van der Waals surface area (Å²) in [5.41, 5.74) is 0. The van der Waals surface area contributed by atoms with Crippen LogP contribution in [-0.4, -0.2) is 49.1 Å². The first-order valence-corrected chi connectivity index (χ1v) is 6.41. The van der Waals surface area contributed by atoms with Crippen molar-refractivity contribution >= 4 is 11.9 Å². The van der Waals surface area contributed by atoms with Crippen LogP contribution in [0.4, 0.5) is 0 Å². The Hall–Kier alpha value is -1.14. The summed E-state index contributed by atoms with van der Waals surface area (Å²) >= 11 is 0. The topological polar surface area (TPSA) is 82.1 Å². The van der Waals surface area contributed by atoms with Gasteiger partial charge in [0.25, 0.3) is 0 Å². The molecule has 0 rings (SSSR count). The third-order valence-electron chi connectivity index (χ3n) is 2.44. The fourth-order valence-corrected chi connectivity index (χ4v) is 1.29. The SMILES string of the molecule is CO[C@H](C)CC(=O)OCC[C@@H](C)OC(=O)C[C@@H](C)O. The Morgan fingerprint density at radius 3 is 2.21 bits per heavy atom. The second kappa shape index (κ2) is 9.75. The van der Waals surface area contributed by atoms with Gasteiger partial charge in [-0.25, -0.2) is 0 Å². The van der Waals surface area contributed by atoms with Gasteiger partial charge in [0.2, 0.25) is 0 Å². The van der Waals surface area contributed by atoms with Crippen molar-refractivity contribution in [2.45, 2.75) is 58.3 Å². The Bertz CT molecular complexity index is 276. The molecule has 0 radical (unpaired) electrons. The highest BCUT2D eigenvalue weighted by atomic mass is 16.6. The molecule has 0 aliphatic heterocycles. The van der Waals surface area contributed by atoms with E-state index in [0.717, 1.165) is 0 Å². The molecule has 1 N–H and O–H groups in total. The number of aliphatic hydroxyl groups is 1. The minimum atomic E-state index is -0.715. The zero-order valence-corrected chi connectivity index (χ0v) is 12.0. The summed E-state index contributed by atoms with van der Waals surface area (Å²) in [6, 6.07) is 0. The van der Waals surface area contributed by atoms with Crippen molar-refractivity contribution < 1.29 is 28.9 Å². The molecular formula is C13H24O6. The van der Waals surface area contributed by atoms with Gasteiger partial charge in [-0.1, -0.05) is 0 Å². The van der Waals surface area contributed by atoms with Crippen LogP contribution >= 0.6 is 0 Å². The van der Waals surface area contributed by atoms with E-state index in [0.29, 0.717) is 6.42 Å². The molecule has 0 saturated heterocycles. The summed E-state index contributed by atoms with van der Waals surface area (Å²) in [6.45, 7) is 5.20. The second-order valence-electron chi connectivity index (χ2n) is 4.61. The number of carbonyl (C=O) groups is 2. The molecule has 3 atom stereocenters. The quantitative estimate of drug-likeness (QED) is 0.634. The molecule has 0 aromatic heterocycles. The number of hydrogen-bond acceptors (Lipinski definition) is 6. The van der Waals surface area contributed by atoms with E-state index in [4.69, 9.17) is 19.3 Å². The van der Waals surface area contributed by atoms with E-state index in [9.17, 15) is 9.59 Å². The summed E-state index contributed by atoms with van der Waals surface area (Å²) in [5.74, 6) is -0.793. The van der Waals surface area contributed by atoms with Crippen molar-refractivity contribution in [3.05, 3.63) is 0 Å². The zero-order chi connectivity index (χ0) is 14.8. The molecule has 0 aromatic rings. The van der Waals surface area contributed by atoms with Gasteiger partial charge in [-0.05, 0) is 20.8 Å². The number of aliphatic hydroxyl groups excluding tert-OH is 1. The zero-order valence-electron chi connectivity index (χ0n) is 12.0. The summed E-state index contributed by atoms with van der Waals surface area (Å²) < 4.78 is 15.0. The molecule has 0 spiro atoms. The molecule has 0 amide bonds. The summed E-state index contributed by atoms with van der Waals surface area (Å²) in [5, 5.41) is 9.01. The molecule has 19 heavy (non-hydrogen) atoms. The van der Waals surface area contributed by atoms with E-state index in [1.165, 1.54) is 14.0 Å². The predicted molar refractivity (Wildman–Crippen MR) is 68.5 cm³/mol. The molecular weight excluding hydrogens is 252 g/mol. The summed E-state index contributed by atoms with van der Waals surface area (Å²) in [6.07, 6.45) is -0.637. The fourth-order valence-electron chi connectivity index (χ4n) is 1.29. The van der Waals surface area contributed by atoms with Gasteiger partial charge in [0.15, 0.2) is 0 Å². The lowest BCUT2D eigenvalue weighted by atomic mass is 10.2. The maximum Gasteiger partial charge on any atom is 0.308 e. The Morgan fingerprint density at radius 1 is 1.05 bits per heavy atom. The number of carbonyl (C=O) groups excluding carboxylic acids is 2. The van der Waals surface area contributed by atoms with Crippen molar-refractivity contribution in [2.75, 3.05) is 13.7 Å². The lowest BCUT2D eigenvalue weighted by Gasteiger charge is -2.14. The normalized spacial score (nSPS) is 15.4. The second-order valence-corrected chi connectivity index (χ2v) is 4.61. The number of methoxy groups -OCH3 is 1. The van der Waals surface area contributed by atoms with Crippen LogP contribution in [0, 0.1) is 0 Å². The highest BCUT2D eigenvalue weighted by Crippen LogP contribution is 2.04. The smallest absolute Gasteiger partial charge is 0.308 e. The number of ether oxygens (including phenoxy) is 3. The Balaban J connectivity index is 3.71. The average molecular weight is 276 g/mol. The third kappa shape index (κ3) is 10.5. The molecule has 0 saturated carbocycles. The lowest BCUT2D eigenvalue weighted by molar-refractivity contribution is -0.152. The van der Waals surface area contributed by atoms with E-state index in [1.54, 1.807) is 13.8 Å². The Labute approximate surface area is 114 Å². The molecule has 6 heteroatoms. The van der Waals surface area contributed by atoms with Crippen LogP contribution in [0.5, 0.6) is 0 Å². The van der Waals surface area contributed by atoms with Crippen molar-refractivity contribution in [1.29, 1.82) is 0 Å². The van der Waals surface area contributed by atoms with Gasteiger partial charge in [0.1, 0.15) is 6.10 Å². The number of esters is 2. The molecule has 0 heterocycles. The number of hydrogen-bond donors (Lipinski definition) is 1. The highest BCUT2D eigenvalue weighted by molar-refractivity contribution is 5.70. The summed E-state index contributed by atoms with van der Waals surface area (Å²) in [4.78, 5) is 22.6. The molecule has 112 valence electrons. The van der Waals surface area contributed by atoms with Gasteiger partial charge < -0.3 is 19.3 Å². The average Bonchev–Trinajstić information content (AvgIpc) is 2.27. The van der Waals surface area contributed by atoms with E-state index >= 15 is 0 Å². The first kappa shape index (κ1) is 17.9. The Morgan fingerprint density at radius 2 is 1.68 bits per heavy atom. The van der Waals surface area contributed by atoms with Crippen LogP contribution in [0.15, 0.2) is 0 Å². The molecule has 0 aliphatic carbocycles. The maximum absolute atomic E-state index is 11.3. The van der Waals surface area contributed by atoms with Gasteiger partial charge in [-0.2, -0.15) is 0 Å². The van der Waals surface area contributed by atoms with E-state index < -0.39 is 12.1 Å². The lowest BCUT2D eigenvalue weighted by Crippen LogP contribution is -2.21. The summed E-state index contributed by atoms with van der Waals surface area (Å²) in [7, 11) is 1.53. The standard InChI is InChI=1S/C13H24O6/c1-9(14)7-13(16)19-10(2)5-6-18-12(15)8-11(3)17-4/h9-11,14H,5-8H2,1-4H3/t9-,10-,11-/m1/s1. The van der Waals surface area contributed by atoms with Crippen molar-refractivity contribution in [2.24, 2.45) is 0 Å². The third-order valence-corrected chi connectivity index (χ3v) is 2.44. The van der Waals surface area contributed by atoms with Gasteiger partial charge in [-0.15, -0.1) is 0 Å². The van der Waals surface area contributed by atoms with Crippen LogP contribution in [0.3, 0.4) is 0 Å². The van der Waals surface area contributed by atoms with Crippen molar-refractivity contribution in [3.8, 4) is 0 Å². The van der Waals surface area contributed by atoms with E-state index in [2.05, 4.69) is 0 Å². The maximum atomic E-state index is 11.3. The van der Waals surface area contributed by atoms with Gasteiger partial charge >= 0.3 is 11.9 Å². The van der Waals surface area contributed by atoms with Crippen LogP contribution in [0.1, 0.15) is 40.0 Å².